The Kier molecular flexibility index (Phi) is 5.45. The third-order valence-corrected chi connectivity index (χ3v) is 3.70. The quantitative estimate of drug-likeness (QED) is 0.792. The molecule has 0 N–H and O–H groups in total. The zero-order chi connectivity index (χ0) is 17.7. The maximum Gasteiger partial charge on any atom is 0.410 e. The summed E-state index contributed by atoms with van der Waals surface area (Å²) in [5.41, 5.74) is 0.195. The van der Waals surface area contributed by atoms with E-state index in [0.29, 0.717) is 29.7 Å². The molecule has 1 amide bonds. The summed E-state index contributed by atoms with van der Waals surface area (Å²) in [6, 6.07) is 6.63. The SMILES string of the molecule is CC(C)(C)OC(=O)N1CCC[C@H]1COc1ccc(C=O)cc1C#N. The zero-order valence-corrected chi connectivity index (χ0v) is 14.2. The van der Waals surface area contributed by atoms with Crippen LogP contribution in [0.25, 0.3) is 0 Å². The standard InChI is InChI=1S/C18H22N2O4/c1-18(2,3)24-17(22)20-8-4-5-15(20)12-23-16-7-6-13(11-21)9-14(16)10-19/h6-7,9,11,15H,4-5,8,12H2,1-3H3/t15-/m0/s1. The maximum atomic E-state index is 12.2. The van der Waals surface area contributed by atoms with Gasteiger partial charge in [-0.25, -0.2) is 4.79 Å². The Morgan fingerprint density at radius 1 is 1.46 bits per heavy atom. The van der Waals surface area contributed by atoms with Crippen molar-refractivity contribution < 1.29 is 19.1 Å². The van der Waals surface area contributed by atoms with Gasteiger partial charge in [-0.3, -0.25) is 4.79 Å². The molecule has 1 aromatic rings. The van der Waals surface area contributed by atoms with Crippen molar-refractivity contribution in [3.05, 3.63) is 29.3 Å². The third-order valence-electron chi connectivity index (χ3n) is 3.70. The monoisotopic (exact) mass is 330 g/mol. The van der Waals surface area contributed by atoms with E-state index in [1.54, 1.807) is 17.0 Å². The van der Waals surface area contributed by atoms with Crippen LogP contribution >= 0.6 is 0 Å². The molecule has 6 nitrogen and oxygen atoms in total. The summed E-state index contributed by atoms with van der Waals surface area (Å²) >= 11 is 0. The Hall–Kier alpha value is -2.55. The number of ether oxygens (including phenoxy) is 2. The molecule has 0 bridgehead atoms. The number of likely N-dealkylation sites (tertiary alicyclic amines) is 1. The largest absolute Gasteiger partial charge is 0.490 e. The van der Waals surface area contributed by atoms with Gasteiger partial charge in [-0.1, -0.05) is 0 Å². The van der Waals surface area contributed by atoms with Crippen molar-refractivity contribution in [1.29, 1.82) is 5.26 Å². The first kappa shape index (κ1) is 17.8. The van der Waals surface area contributed by atoms with Crippen LogP contribution < -0.4 is 4.74 Å². The van der Waals surface area contributed by atoms with Crippen LogP contribution in [0.3, 0.4) is 0 Å². The molecule has 0 unspecified atom stereocenters. The number of hydrogen-bond acceptors (Lipinski definition) is 5. The lowest BCUT2D eigenvalue weighted by Crippen LogP contribution is -2.42. The summed E-state index contributed by atoms with van der Waals surface area (Å²) in [4.78, 5) is 24.7. The molecule has 0 spiro atoms. The number of nitriles is 1. The third kappa shape index (κ3) is 4.48. The first-order chi connectivity index (χ1) is 11.3. The van der Waals surface area contributed by atoms with E-state index in [1.165, 1.54) is 6.07 Å². The van der Waals surface area contributed by atoms with Gasteiger partial charge in [0, 0.05) is 12.1 Å². The fourth-order valence-electron chi connectivity index (χ4n) is 2.59. The number of carbonyl (C=O) groups excluding carboxylic acids is 2. The summed E-state index contributed by atoms with van der Waals surface area (Å²) in [6.45, 7) is 6.42. The summed E-state index contributed by atoms with van der Waals surface area (Å²) in [5.74, 6) is 0.416. The highest BCUT2D eigenvalue weighted by atomic mass is 16.6. The Morgan fingerprint density at radius 2 is 2.21 bits per heavy atom. The number of benzene rings is 1. The van der Waals surface area contributed by atoms with E-state index < -0.39 is 5.60 Å². The van der Waals surface area contributed by atoms with Crippen molar-refractivity contribution >= 4 is 12.4 Å². The maximum absolute atomic E-state index is 12.2. The molecule has 1 aliphatic rings. The summed E-state index contributed by atoms with van der Waals surface area (Å²) < 4.78 is 11.2. The van der Waals surface area contributed by atoms with E-state index in [-0.39, 0.29) is 18.7 Å². The number of hydrogen-bond donors (Lipinski definition) is 0. The molecule has 1 saturated heterocycles. The van der Waals surface area contributed by atoms with E-state index in [4.69, 9.17) is 14.7 Å². The highest BCUT2D eigenvalue weighted by molar-refractivity contribution is 5.76. The van der Waals surface area contributed by atoms with Crippen LogP contribution in [0.2, 0.25) is 0 Å². The van der Waals surface area contributed by atoms with Crippen molar-refractivity contribution in [3.63, 3.8) is 0 Å². The van der Waals surface area contributed by atoms with Gasteiger partial charge < -0.3 is 14.4 Å². The number of carbonyl (C=O) groups is 2. The van der Waals surface area contributed by atoms with Crippen LogP contribution in [-0.2, 0) is 4.74 Å². The predicted octanol–water partition coefficient (Wildman–Crippen LogP) is 3.15. The first-order valence-corrected chi connectivity index (χ1v) is 7.96. The molecule has 2 rings (SSSR count). The second-order valence-electron chi connectivity index (χ2n) is 6.77. The first-order valence-electron chi connectivity index (χ1n) is 7.96. The summed E-state index contributed by atoms with van der Waals surface area (Å²) in [5, 5.41) is 9.17. The van der Waals surface area contributed by atoms with Crippen LogP contribution in [0.15, 0.2) is 18.2 Å². The number of amides is 1. The van der Waals surface area contributed by atoms with Gasteiger partial charge in [0.05, 0.1) is 11.6 Å². The van der Waals surface area contributed by atoms with Crippen molar-refractivity contribution in [2.24, 2.45) is 0 Å². The molecule has 6 heteroatoms. The molecule has 1 fully saturated rings. The molecular formula is C18H22N2O4. The van der Waals surface area contributed by atoms with Gasteiger partial charge in [-0.05, 0) is 51.8 Å². The minimum atomic E-state index is -0.538. The van der Waals surface area contributed by atoms with Gasteiger partial charge in [-0.2, -0.15) is 5.26 Å². The van der Waals surface area contributed by atoms with E-state index in [9.17, 15) is 9.59 Å². The van der Waals surface area contributed by atoms with Gasteiger partial charge in [-0.15, -0.1) is 0 Å². The van der Waals surface area contributed by atoms with Crippen LogP contribution in [-0.4, -0.2) is 42.1 Å². The topological polar surface area (TPSA) is 79.6 Å². The normalized spacial score (nSPS) is 17.2. The summed E-state index contributed by atoms with van der Waals surface area (Å²) in [7, 11) is 0. The van der Waals surface area contributed by atoms with E-state index in [1.807, 2.05) is 26.8 Å². The Balaban J connectivity index is 2.02. The molecular weight excluding hydrogens is 308 g/mol. The minimum absolute atomic E-state index is 0.0860. The van der Waals surface area contributed by atoms with Crippen molar-refractivity contribution in [1.82, 2.24) is 4.90 Å². The molecule has 1 aliphatic heterocycles. The van der Waals surface area contributed by atoms with Crippen LogP contribution in [0.1, 0.15) is 49.5 Å². The fraction of sp³-hybridized carbons (Fsp3) is 0.500. The number of rotatable bonds is 4. The smallest absolute Gasteiger partial charge is 0.410 e. The minimum Gasteiger partial charge on any atom is -0.490 e. The van der Waals surface area contributed by atoms with Crippen LogP contribution in [0, 0.1) is 11.3 Å². The molecule has 0 aromatic heterocycles. The molecule has 1 aromatic carbocycles. The fourth-order valence-corrected chi connectivity index (χ4v) is 2.59. The van der Waals surface area contributed by atoms with Crippen LogP contribution in [0.5, 0.6) is 5.75 Å². The lowest BCUT2D eigenvalue weighted by atomic mass is 10.1. The summed E-state index contributed by atoms with van der Waals surface area (Å²) in [6.07, 6.45) is 2.06. The second-order valence-corrected chi connectivity index (χ2v) is 6.77. The number of aldehydes is 1. The van der Waals surface area contributed by atoms with Gasteiger partial charge in [0.1, 0.15) is 30.3 Å². The molecule has 128 valence electrons. The Bertz CT molecular complexity index is 658. The van der Waals surface area contributed by atoms with Gasteiger partial charge in [0.2, 0.25) is 0 Å². The van der Waals surface area contributed by atoms with E-state index in [2.05, 4.69) is 0 Å². The average molecular weight is 330 g/mol. The van der Waals surface area contributed by atoms with Crippen molar-refractivity contribution in [2.75, 3.05) is 13.2 Å². The van der Waals surface area contributed by atoms with Crippen molar-refractivity contribution in [3.8, 4) is 11.8 Å². The molecule has 1 heterocycles. The molecule has 0 saturated carbocycles. The van der Waals surface area contributed by atoms with E-state index >= 15 is 0 Å². The molecule has 1 atom stereocenters. The van der Waals surface area contributed by atoms with E-state index in [0.717, 1.165) is 12.8 Å². The molecule has 0 aliphatic carbocycles. The lowest BCUT2D eigenvalue weighted by Gasteiger charge is -2.28. The zero-order valence-electron chi connectivity index (χ0n) is 14.2. The molecule has 0 radical (unpaired) electrons. The second kappa shape index (κ2) is 7.35. The van der Waals surface area contributed by atoms with Crippen LogP contribution in [0.4, 0.5) is 4.79 Å². The predicted molar refractivity (Wildman–Crippen MR) is 88.0 cm³/mol. The Morgan fingerprint density at radius 3 is 2.83 bits per heavy atom. The average Bonchev–Trinajstić information content (AvgIpc) is 2.99. The highest BCUT2D eigenvalue weighted by Crippen LogP contribution is 2.24. The highest BCUT2D eigenvalue weighted by Gasteiger charge is 2.32. The molecule has 24 heavy (non-hydrogen) atoms. The number of nitrogens with zero attached hydrogens (tertiary/aromatic N) is 2. The Labute approximate surface area is 142 Å². The van der Waals surface area contributed by atoms with Gasteiger partial charge in [0.25, 0.3) is 0 Å². The lowest BCUT2D eigenvalue weighted by molar-refractivity contribution is 0.0187. The van der Waals surface area contributed by atoms with Crippen molar-refractivity contribution in [2.45, 2.75) is 45.3 Å². The van der Waals surface area contributed by atoms with Gasteiger partial charge >= 0.3 is 6.09 Å². The van der Waals surface area contributed by atoms with Gasteiger partial charge in [0.15, 0.2) is 0 Å².